The maximum Gasteiger partial charge on any atom is 0.410 e. The van der Waals surface area contributed by atoms with E-state index in [0.29, 0.717) is 24.5 Å². The lowest BCUT2D eigenvalue weighted by atomic mass is 9.84. The van der Waals surface area contributed by atoms with Crippen molar-refractivity contribution >= 4 is 33.4 Å². The fourth-order valence-electron chi connectivity index (χ4n) is 4.90. The number of methoxy groups -OCH3 is 3. The molecule has 36 heavy (non-hydrogen) atoms. The first-order valence-corrected chi connectivity index (χ1v) is 11.9. The van der Waals surface area contributed by atoms with Gasteiger partial charge in [0.2, 0.25) is 0 Å². The van der Waals surface area contributed by atoms with Gasteiger partial charge in [0.05, 0.1) is 27.9 Å². The van der Waals surface area contributed by atoms with Crippen LogP contribution in [0.4, 0.5) is 4.79 Å². The number of hydrogen-bond acceptors (Lipinski definition) is 6. The van der Waals surface area contributed by atoms with Crippen molar-refractivity contribution in [1.82, 2.24) is 4.90 Å². The zero-order valence-corrected chi connectivity index (χ0v) is 21.8. The second-order valence-electron chi connectivity index (χ2n) is 9.96. The van der Waals surface area contributed by atoms with E-state index in [-0.39, 0.29) is 18.2 Å². The number of ketones is 1. The van der Waals surface area contributed by atoms with Crippen LogP contribution in [-0.4, -0.2) is 49.7 Å². The Balaban J connectivity index is 1.99. The van der Waals surface area contributed by atoms with E-state index in [4.69, 9.17) is 18.9 Å². The number of allylic oxidation sites excluding steroid dienone is 1. The smallest absolute Gasteiger partial charge is 0.410 e. The molecule has 1 atom stereocenters. The minimum Gasteiger partial charge on any atom is -0.497 e. The van der Waals surface area contributed by atoms with Crippen molar-refractivity contribution in [3.63, 3.8) is 0 Å². The molecule has 1 unspecified atom stereocenters. The van der Waals surface area contributed by atoms with Crippen molar-refractivity contribution in [3.05, 3.63) is 54.1 Å². The molecule has 0 fully saturated rings. The zero-order valence-electron chi connectivity index (χ0n) is 21.8. The van der Waals surface area contributed by atoms with Crippen LogP contribution in [-0.2, 0) is 22.5 Å². The Hall–Kier alpha value is -3.74. The highest BCUT2D eigenvalue weighted by atomic mass is 16.6. The van der Waals surface area contributed by atoms with Gasteiger partial charge in [-0.25, -0.2) is 4.79 Å². The molecule has 0 aliphatic carbocycles. The molecule has 1 aliphatic rings. The van der Waals surface area contributed by atoms with E-state index in [1.807, 2.05) is 51.1 Å². The molecular formula is C29H33NO6. The van der Waals surface area contributed by atoms with Gasteiger partial charge < -0.3 is 23.8 Å². The standard InChI is InChI=1S/C29H33NO6/c1-8-18(31)11-17-12-21-23-14-26(34-6)27(35-7)15-24(23)22-13-19(33-5)9-10-20(22)25(21)16-30(17)28(32)36-29(2,3)4/h8-10,13-15,17H,1,11-12,16H2,2-7H3. The largest absolute Gasteiger partial charge is 0.497 e. The molecule has 0 saturated heterocycles. The first-order chi connectivity index (χ1) is 17.1. The maximum atomic E-state index is 13.3. The normalized spacial score (nSPS) is 15.4. The molecule has 0 spiro atoms. The number of carbonyl (C=O) groups is 2. The molecular weight excluding hydrogens is 458 g/mol. The molecule has 3 aromatic rings. The van der Waals surface area contributed by atoms with Gasteiger partial charge in [0.1, 0.15) is 11.4 Å². The number of rotatable bonds is 6. The second-order valence-corrected chi connectivity index (χ2v) is 9.96. The van der Waals surface area contributed by atoms with Crippen LogP contribution in [0, 0.1) is 0 Å². The van der Waals surface area contributed by atoms with E-state index in [9.17, 15) is 9.59 Å². The van der Waals surface area contributed by atoms with Crippen molar-refractivity contribution in [3.8, 4) is 17.2 Å². The minimum absolute atomic E-state index is 0.119. The first-order valence-electron chi connectivity index (χ1n) is 11.9. The lowest BCUT2D eigenvalue weighted by Gasteiger charge is -2.38. The Morgan fingerprint density at radius 1 is 0.944 bits per heavy atom. The molecule has 190 valence electrons. The molecule has 3 aromatic carbocycles. The molecule has 1 aliphatic heterocycles. The van der Waals surface area contributed by atoms with Gasteiger partial charge >= 0.3 is 6.09 Å². The molecule has 4 rings (SSSR count). The van der Waals surface area contributed by atoms with Crippen LogP contribution in [0.5, 0.6) is 17.2 Å². The van der Waals surface area contributed by atoms with Crippen LogP contribution in [0.15, 0.2) is 43.0 Å². The molecule has 1 heterocycles. The van der Waals surface area contributed by atoms with E-state index in [0.717, 1.165) is 38.4 Å². The Bertz CT molecular complexity index is 1350. The van der Waals surface area contributed by atoms with E-state index < -0.39 is 11.7 Å². The quantitative estimate of drug-likeness (QED) is 0.319. The summed E-state index contributed by atoms with van der Waals surface area (Å²) in [6, 6.07) is 9.51. The van der Waals surface area contributed by atoms with Gasteiger partial charge in [-0.05, 0) is 90.2 Å². The van der Waals surface area contributed by atoms with Crippen LogP contribution < -0.4 is 14.2 Å². The third-order valence-corrected chi connectivity index (χ3v) is 6.56. The maximum absolute atomic E-state index is 13.3. The van der Waals surface area contributed by atoms with E-state index in [1.54, 1.807) is 26.2 Å². The van der Waals surface area contributed by atoms with Crippen molar-refractivity contribution in [2.24, 2.45) is 0 Å². The fraction of sp³-hybridized carbons (Fsp3) is 0.379. The summed E-state index contributed by atoms with van der Waals surface area (Å²) < 4.78 is 22.5. The Morgan fingerprint density at radius 3 is 2.17 bits per heavy atom. The molecule has 1 amide bonds. The number of carbonyl (C=O) groups excluding carboxylic acids is 2. The van der Waals surface area contributed by atoms with Gasteiger partial charge in [-0.2, -0.15) is 0 Å². The van der Waals surface area contributed by atoms with Crippen LogP contribution >= 0.6 is 0 Å². The number of hydrogen-bond donors (Lipinski definition) is 0. The van der Waals surface area contributed by atoms with Crippen molar-refractivity contribution in [2.45, 2.75) is 51.8 Å². The number of fused-ring (bicyclic) bond motifs is 6. The SMILES string of the molecule is C=CC(=O)CC1Cc2c(c3ccc(OC)cc3c3cc(OC)c(OC)cc23)CN1C(=O)OC(C)(C)C. The van der Waals surface area contributed by atoms with Crippen LogP contribution in [0.1, 0.15) is 38.3 Å². The van der Waals surface area contributed by atoms with E-state index in [1.165, 1.54) is 6.08 Å². The summed E-state index contributed by atoms with van der Waals surface area (Å²) in [4.78, 5) is 27.4. The summed E-state index contributed by atoms with van der Waals surface area (Å²) in [7, 11) is 4.85. The molecule has 0 saturated carbocycles. The summed E-state index contributed by atoms with van der Waals surface area (Å²) in [5, 5.41) is 3.96. The van der Waals surface area contributed by atoms with Crippen LogP contribution in [0.2, 0.25) is 0 Å². The molecule has 0 radical (unpaired) electrons. The summed E-state index contributed by atoms with van der Waals surface area (Å²) in [6.45, 7) is 9.44. The third kappa shape index (κ3) is 4.70. The number of ether oxygens (including phenoxy) is 4. The third-order valence-electron chi connectivity index (χ3n) is 6.56. The van der Waals surface area contributed by atoms with Crippen molar-refractivity contribution < 1.29 is 28.5 Å². The van der Waals surface area contributed by atoms with Crippen LogP contribution in [0.3, 0.4) is 0 Å². The molecule has 7 nitrogen and oxygen atoms in total. The van der Waals surface area contributed by atoms with Crippen molar-refractivity contribution in [1.29, 1.82) is 0 Å². The number of amides is 1. The summed E-state index contributed by atoms with van der Waals surface area (Å²) in [6.07, 6.45) is 1.52. The Morgan fingerprint density at radius 2 is 1.58 bits per heavy atom. The van der Waals surface area contributed by atoms with E-state index >= 15 is 0 Å². The van der Waals surface area contributed by atoms with Gasteiger partial charge in [-0.1, -0.05) is 12.6 Å². The number of benzene rings is 3. The minimum atomic E-state index is -0.660. The Kier molecular flexibility index (Phi) is 6.85. The highest BCUT2D eigenvalue weighted by Gasteiger charge is 2.35. The topological polar surface area (TPSA) is 74.3 Å². The van der Waals surface area contributed by atoms with Gasteiger partial charge in [-0.3, -0.25) is 4.79 Å². The summed E-state index contributed by atoms with van der Waals surface area (Å²) in [5.41, 5.74) is 1.43. The highest BCUT2D eigenvalue weighted by molar-refractivity contribution is 6.12. The molecule has 7 heteroatoms. The Labute approximate surface area is 211 Å². The first kappa shape index (κ1) is 25.4. The predicted molar refractivity (Wildman–Crippen MR) is 140 cm³/mol. The lowest BCUT2D eigenvalue weighted by Crippen LogP contribution is -2.47. The zero-order chi connectivity index (χ0) is 26.2. The van der Waals surface area contributed by atoms with Gasteiger partial charge in [0.25, 0.3) is 0 Å². The summed E-state index contributed by atoms with van der Waals surface area (Å²) in [5.74, 6) is 1.85. The van der Waals surface area contributed by atoms with E-state index in [2.05, 4.69) is 6.58 Å². The highest BCUT2D eigenvalue weighted by Crippen LogP contribution is 2.43. The van der Waals surface area contributed by atoms with Gasteiger partial charge in [-0.15, -0.1) is 0 Å². The van der Waals surface area contributed by atoms with Gasteiger partial charge in [0, 0.05) is 12.5 Å². The predicted octanol–water partition coefficient (Wildman–Crippen LogP) is 5.83. The molecule has 0 bridgehead atoms. The monoisotopic (exact) mass is 491 g/mol. The number of nitrogens with zero attached hydrogens (tertiary/aromatic N) is 1. The van der Waals surface area contributed by atoms with Gasteiger partial charge in [0.15, 0.2) is 17.3 Å². The summed E-state index contributed by atoms with van der Waals surface area (Å²) >= 11 is 0. The second kappa shape index (κ2) is 9.72. The average molecular weight is 492 g/mol. The van der Waals surface area contributed by atoms with Crippen molar-refractivity contribution in [2.75, 3.05) is 21.3 Å². The average Bonchev–Trinajstić information content (AvgIpc) is 2.86. The fourth-order valence-corrected chi connectivity index (χ4v) is 4.90. The lowest BCUT2D eigenvalue weighted by molar-refractivity contribution is -0.115. The molecule has 0 N–H and O–H groups in total. The molecule has 0 aromatic heterocycles. The van der Waals surface area contributed by atoms with Crippen LogP contribution in [0.25, 0.3) is 21.5 Å².